The van der Waals surface area contributed by atoms with Gasteiger partial charge in [-0.2, -0.15) is 0 Å². The van der Waals surface area contributed by atoms with E-state index in [0.29, 0.717) is 5.56 Å². The van der Waals surface area contributed by atoms with Crippen molar-refractivity contribution >= 4 is 5.97 Å². The molecule has 1 N–H and O–H groups in total. The fourth-order valence-electron chi connectivity index (χ4n) is 1.56. The molecule has 0 saturated heterocycles. The quantitative estimate of drug-likeness (QED) is 0.824. The fourth-order valence-corrected chi connectivity index (χ4v) is 1.56. The van der Waals surface area contributed by atoms with Gasteiger partial charge in [0.05, 0.1) is 7.11 Å². The minimum Gasteiger partial charge on any atom is -0.468 e. The summed E-state index contributed by atoms with van der Waals surface area (Å²) in [5.41, 5.74) is 0.308. The average molecular weight is 243 g/mol. The average Bonchev–Trinajstić information content (AvgIpc) is 2.27. The number of rotatable bonds is 4. The van der Waals surface area contributed by atoms with Crippen LogP contribution in [0.1, 0.15) is 25.5 Å². The molecule has 1 rings (SSSR count). The Bertz CT molecular complexity index is 409. The van der Waals surface area contributed by atoms with Crippen molar-refractivity contribution in [1.82, 2.24) is 5.32 Å². The van der Waals surface area contributed by atoms with E-state index in [-0.39, 0.29) is 0 Å². The van der Waals surface area contributed by atoms with Crippen molar-refractivity contribution in [2.75, 3.05) is 7.11 Å². The molecule has 3 nitrogen and oxygen atoms in total. The number of nitrogens with one attached hydrogen (secondary N) is 1. The molecular formula is C12H15F2NO2. The van der Waals surface area contributed by atoms with Crippen LogP contribution in [-0.2, 0) is 9.53 Å². The zero-order chi connectivity index (χ0) is 13.0. The zero-order valence-corrected chi connectivity index (χ0v) is 9.96. The molecule has 0 radical (unpaired) electrons. The molecule has 0 aromatic heterocycles. The van der Waals surface area contributed by atoms with Crippen molar-refractivity contribution < 1.29 is 18.3 Å². The number of ether oxygens (including phenoxy) is 1. The van der Waals surface area contributed by atoms with Gasteiger partial charge < -0.3 is 4.74 Å². The summed E-state index contributed by atoms with van der Waals surface area (Å²) in [6, 6.07) is 2.38. The van der Waals surface area contributed by atoms with E-state index in [1.807, 2.05) is 0 Å². The first-order valence-corrected chi connectivity index (χ1v) is 5.24. The molecule has 1 aromatic rings. The minimum absolute atomic E-state index is 0.308. The Labute approximate surface area is 98.8 Å². The van der Waals surface area contributed by atoms with Crippen molar-refractivity contribution in [3.63, 3.8) is 0 Å². The summed E-state index contributed by atoms with van der Waals surface area (Å²) < 4.78 is 30.7. The largest absolute Gasteiger partial charge is 0.468 e. The smallest absolute Gasteiger partial charge is 0.322 e. The summed E-state index contributed by atoms with van der Waals surface area (Å²) in [6.07, 6.45) is 0. The summed E-state index contributed by atoms with van der Waals surface area (Å²) in [5, 5.41) is 2.87. The van der Waals surface area contributed by atoms with Gasteiger partial charge in [-0.25, -0.2) is 8.78 Å². The van der Waals surface area contributed by atoms with Crippen LogP contribution < -0.4 is 5.32 Å². The third kappa shape index (κ3) is 3.49. The van der Waals surface area contributed by atoms with Crippen LogP contribution in [0.5, 0.6) is 0 Å². The first-order valence-electron chi connectivity index (χ1n) is 5.24. The lowest BCUT2D eigenvalue weighted by Crippen LogP contribution is -2.36. The second kappa shape index (κ2) is 5.72. The van der Waals surface area contributed by atoms with Crippen LogP contribution in [0.4, 0.5) is 8.78 Å². The monoisotopic (exact) mass is 243 g/mol. The van der Waals surface area contributed by atoms with E-state index in [9.17, 15) is 13.6 Å². The van der Waals surface area contributed by atoms with Gasteiger partial charge in [0.25, 0.3) is 0 Å². The number of halogens is 2. The third-order valence-corrected chi connectivity index (χ3v) is 2.48. The number of hydrogen-bond acceptors (Lipinski definition) is 3. The highest BCUT2D eigenvalue weighted by Crippen LogP contribution is 2.18. The van der Waals surface area contributed by atoms with Gasteiger partial charge in [-0.3, -0.25) is 10.1 Å². The summed E-state index contributed by atoms with van der Waals surface area (Å²) >= 11 is 0. The molecule has 94 valence electrons. The molecule has 5 heteroatoms. The van der Waals surface area contributed by atoms with Crippen molar-refractivity contribution in [2.45, 2.75) is 25.9 Å². The van der Waals surface area contributed by atoms with E-state index in [2.05, 4.69) is 10.1 Å². The highest BCUT2D eigenvalue weighted by Gasteiger charge is 2.18. The first kappa shape index (κ1) is 13.6. The van der Waals surface area contributed by atoms with Gasteiger partial charge in [-0.15, -0.1) is 0 Å². The normalized spacial score (nSPS) is 14.2. The maximum atomic E-state index is 13.4. The molecule has 0 fully saturated rings. The summed E-state index contributed by atoms with van der Waals surface area (Å²) in [4.78, 5) is 11.2. The lowest BCUT2D eigenvalue weighted by Gasteiger charge is -2.19. The molecule has 0 aliphatic heterocycles. The summed E-state index contributed by atoms with van der Waals surface area (Å²) in [5.74, 6) is -1.69. The number of carbonyl (C=O) groups is 1. The van der Waals surface area contributed by atoms with E-state index < -0.39 is 29.7 Å². The molecule has 1 aromatic carbocycles. The van der Waals surface area contributed by atoms with Gasteiger partial charge in [0.1, 0.15) is 17.7 Å². The summed E-state index contributed by atoms with van der Waals surface area (Å²) in [6.45, 7) is 3.31. The van der Waals surface area contributed by atoms with Crippen molar-refractivity contribution in [3.8, 4) is 0 Å². The van der Waals surface area contributed by atoms with Crippen LogP contribution in [0.15, 0.2) is 18.2 Å². The number of hydrogen-bond donors (Lipinski definition) is 1. The van der Waals surface area contributed by atoms with Gasteiger partial charge >= 0.3 is 5.97 Å². The van der Waals surface area contributed by atoms with E-state index >= 15 is 0 Å². The van der Waals surface area contributed by atoms with Gasteiger partial charge in [0, 0.05) is 17.7 Å². The molecule has 0 aliphatic rings. The van der Waals surface area contributed by atoms with E-state index in [0.717, 1.165) is 6.07 Å². The second-order valence-electron chi connectivity index (χ2n) is 3.80. The molecule has 1 unspecified atom stereocenters. The Morgan fingerprint density at radius 1 is 1.35 bits per heavy atom. The zero-order valence-electron chi connectivity index (χ0n) is 9.96. The van der Waals surface area contributed by atoms with E-state index in [1.165, 1.54) is 19.2 Å². The SMILES string of the molecule is COC(=O)[C@H](C)NC(C)c1ccc(F)cc1F. The molecule has 0 heterocycles. The van der Waals surface area contributed by atoms with Crippen molar-refractivity contribution in [3.05, 3.63) is 35.4 Å². The molecular weight excluding hydrogens is 228 g/mol. The lowest BCUT2D eigenvalue weighted by atomic mass is 10.1. The second-order valence-corrected chi connectivity index (χ2v) is 3.80. The predicted octanol–water partition coefficient (Wildman–Crippen LogP) is 2.18. The fraction of sp³-hybridized carbons (Fsp3) is 0.417. The molecule has 0 spiro atoms. The highest BCUT2D eigenvalue weighted by atomic mass is 19.1. The highest BCUT2D eigenvalue weighted by molar-refractivity contribution is 5.75. The van der Waals surface area contributed by atoms with Crippen LogP contribution in [0, 0.1) is 11.6 Å². The number of esters is 1. The van der Waals surface area contributed by atoms with Crippen LogP contribution in [-0.4, -0.2) is 19.1 Å². The van der Waals surface area contributed by atoms with Gasteiger partial charge in [0.2, 0.25) is 0 Å². The van der Waals surface area contributed by atoms with E-state index in [4.69, 9.17) is 0 Å². The number of carbonyl (C=O) groups excluding carboxylic acids is 1. The third-order valence-electron chi connectivity index (χ3n) is 2.48. The Morgan fingerprint density at radius 3 is 2.53 bits per heavy atom. The molecule has 0 bridgehead atoms. The van der Waals surface area contributed by atoms with Crippen LogP contribution in [0.3, 0.4) is 0 Å². The first-order chi connectivity index (χ1) is 7.95. The number of methoxy groups -OCH3 is 1. The maximum Gasteiger partial charge on any atom is 0.322 e. The maximum absolute atomic E-state index is 13.4. The van der Waals surface area contributed by atoms with Crippen LogP contribution in [0.25, 0.3) is 0 Å². The van der Waals surface area contributed by atoms with Crippen molar-refractivity contribution in [2.24, 2.45) is 0 Å². The Balaban J connectivity index is 2.76. The molecule has 0 amide bonds. The van der Waals surface area contributed by atoms with Crippen molar-refractivity contribution in [1.29, 1.82) is 0 Å². The van der Waals surface area contributed by atoms with Gasteiger partial charge in [-0.1, -0.05) is 6.07 Å². The Hall–Kier alpha value is -1.49. The molecule has 17 heavy (non-hydrogen) atoms. The van der Waals surface area contributed by atoms with Crippen LogP contribution in [0.2, 0.25) is 0 Å². The topological polar surface area (TPSA) is 38.3 Å². The summed E-state index contributed by atoms with van der Waals surface area (Å²) in [7, 11) is 1.28. The minimum atomic E-state index is -0.637. The van der Waals surface area contributed by atoms with E-state index in [1.54, 1.807) is 13.8 Å². The standard InChI is InChI=1S/C12H15F2NO2/c1-7(15-8(2)12(16)17-3)10-5-4-9(13)6-11(10)14/h4-8,15H,1-3H3/t7?,8-/m0/s1. The molecule has 2 atom stereocenters. The van der Waals surface area contributed by atoms with Gasteiger partial charge in [-0.05, 0) is 19.9 Å². The lowest BCUT2D eigenvalue weighted by molar-refractivity contribution is -0.142. The van der Waals surface area contributed by atoms with Crippen LogP contribution >= 0.6 is 0 Å². The molecule has 0 aliphatic carbocycles. The Morgan fingerprint density at radius 2 is 2.00 bits per heavy atom. The van der Waals surface area contributed by atoms with Gasteiger partial charge in [0.15, 0.2) is 0 Å². The number of benzene rings is 1. The molecule has 0 saturated carbocycles. The predicted molar refractivity (Wildman–Crippen MR) is 59.4 cm³/mol. The Kier molecular flexibility index (Phi) is 4.57.